The summed E-state index contributed by atoms with van der Waals surface area (Å²) in [6.07, 6.45) is 2.36. The van der Waals surface area contributed by atoms with Crippen molar-refractivity contribution in [2.75, 3.05) is 10.7 Å². The molecule has 0 aliphatic carbocycles. The van der Waals surface area contributed by atoms with Crippen LogP contribution in [0.5, 0.6) is 0 Å². The highest BCUT2D eigenvalue weighted by Crippen LogP contribution is 2.23. The molecule has 4 N–H and O–H groups in total. The van der Waals surface area contributed by atoms with Crippen molar-refractivity contribution in [3.05, 3.63) is 33.4 Å². The van der Waals surface area contributed by atoms with Crippen molar-refractivity contribution in [2.45, 2.75) is 13.3 Å². The summed E-state index contributed by atoms with van der Waals surface area (Å²) < 4.78 is 0.857. The van der Waals surface area contributed by atoms with Gasteiger partial charge in [0.25, 0.3) is 5.91 Å². The van der Waals surface area contributed by atoms with Crippen LogP contribution in [-0.4, -0.2) is 15.9 Å². The molecule has 0 unspecified atom stereocenters. The Labute approximate surface area is 122 Å². The van der Waals surface area contributed by atoms with Crippen molar-refractivity contribution in [1.82, 2.24) is 9.97 Å². The van der Waals surface area contributed by atoms with Crippen LogP contribution in [0.25, 0.3) is 0 Å². The Hall–Kier alpha value is -1.51. The van der Waals surface area contributed by atoms with Crippen molar-refractivity contribution in [3.8, 4) is 0 Å². The SMILES string of the molecule is CCc1cc(C(=O)Nc2ncc(Br)s2)cc(NN)n1. The number of carbonyl (C=O) groups excluding carboxylic acids is 1. The van der Waals surface area contributed by atoms with Crippen LogP contribution >= 0.6 is 27.3 Å². The molecule has 0 aromatic carbocycles. The van der Waals surface area contributed by atoms with Gasteiger partial charge in [-0.05, 0) is 34.5 Å². The number of nitrogens with zero attached hydrogens (tertiary/aromatic N) is 2. The van der Waals surface area contributed by atoms with Gasteiger partial charge in [0.15, 0.2) is 5.13 Å². The molecule has 0 aliphatic rings. The third-order valence-electron chi connectivity index (χ3n) is 2.35. The average Bonchev–Trinajstić information content (AvgIpc) is 2.83. The molecule has 0 saturated heterocycles. The number of aryl methyl sites for hydroxylation is 1. The van der Waals surface area contributed by atoms with E-state index >= 15 is 0 Å². The van der Waals surface area contributed by atoms with Crippen LogP contribution in [0.3, 0.4) is 0 Å². The number of aromatic nitrogens is 2. The summed E-state index contributed by atoms with van der Waals surface area (Å²) in [5.41, 5.74) is 3.74. The van der Waals surface area contributed by atoms with Crippen molar-refractivity contribution in [1.29, 1.82) is 0 Å². The first-order valence-electron chi connectivity index (χ1n) is 5.52. The number of anilines is 2. The highest BCUT2D eigenvalue weighted by atomic mass is 79.9. The maximum absolute atomic E-state index is 12.1. The zero-order valence-electron chi connectivity index (χ0n) is 10.1. The van der Waals surface area contributed by atoms with E-state index in [0.29, 0.717) is 16.5 Å². The zero-order chi connectivity index (χ0) is 13.8. The van der Waals surface area contributed by atoms with E-state index in [2.05, 4.69) is 36.6 Å². The maximum Gasteiger partial charge on any atom is 0.257 e. The summed E-state index contributed by atoms with van der Waals surface area (Å²) in [5, 5.41) is 3.26. The number of hydrogen-bond acceptors (Lipinski definition) is 6. The molecule has 19 heavy (non-hydrogen) atoms. The van der Waals surface area contributed by atoms with Gasteiger partial charge in [-0.2, -0.15) is 0 Å². The molecule has 2 aromatic heterocycles. The van der Waals surface area contributed by atoms with Crippen molar-refractivity contribution in [2.24, 2.45) is 5.84 Å². The second kappa shape index (κ2) is 6.09. The summed E-state index contributed by atoms with van der Waals surface area (Å²) in [6, 6.07) is 3.33. The minimum absolute atomic E-state index is 0.240. The summed E-state index contributed by atoms with van der Waals surface area (Å²) in [6.45, 7) is 1.96. The topological polar surface area (TPSA) is 92.9 Å². The van der Waals surface area contributed by atoms with Gasteiger partial charge in [0.1, 0.15) is 5.82 Å². The fraction of sp³-hybridized carbons (Fsp3) is 0.182. The highest BCUT2D eigenvalue weighted by molar-refractivity contribution is 9.11. The quantitative estimate of drug-likeness (QED) is 0.586. The first kappa shape index (κ1) is 13.9. The average molecular weight is 342 g/mol. The first-order chi connectivity index (χ1) is 9.12. The smallest absolute Gasteiger partial charge is 0.257 e. The largest absolute Gasteiger partial charge is 0.308 e. The van der Waals surface area contributed by atoms with Gasteiger partial charge in [0.2, 0.25) is 0 Å². The van der Waals surface area contributed by atoms with Gasteiger partial charge in [0, 0.05) is 11.3 Å². The second-order valence-electron chi connectivity index (χ2n) is 3.65. The van der Waals surface area contributed by atoms with Crippen molar-refractivity contribution >= 4 is 44.1 Å². The van der Waals surface area contributed by atoms with Crippen molar-refractivity contribution < 1.29 is 4.79 Å². The molecular weight excluding hydrogens is 330 g/mol. The van der Waals surface area contributed by atoms with E-state index in [1.807, 2.05) is 6.92 Å². The molecule has 2 rings (SSSR count). The number of hydrazine groups is 1. The number of pyridine rings is 1. The minimum Gasteiger partial charge on any atom is -0.308 e. The Kier molecular flexibility index (Phi) is 4.46. The summed E-state index contributed by atoms with van der Waals surface area (Å²) in [5.74, 6) is 5.56. The van der Waals surface area contributed by atoms with Gasteiger partial charge in [-0.3, -0.25) is 10.1 Å². The van der Waals surface area contributed by atoms with E-state index in [0.717, 1.165) is 15.9 Å². The van der Waals surface area contributed by atoms with Gasteiger partial charge < -0.3 is 5.43 Å². The normalized spacial score (nSPS) is 10.3. The van der Waals surface area contributed by atoms with Crippen LogP contribution in [0.2, 0.25) is 0 Å². The van der Waals surface area contributed by atoms with E-state index in [4.69, 9.17) is 5.84 Å². The van der Waals surface area contributed by atoms with Crippen LogP contribution in [0.15, 0.2) is 22.1 Å². The summed E-state index contributed by atoms with van der Waals surface area (Å²) >= 11 is 4.64. The number of carbonyl (C=O) groups is 1. The molecular formula is C11H12BrN5OS. The lowest BCUT2D eigenvalue weighted by molar-refractivity contribution is 0.102. The van der Waals surface area contributed by atoms with Crippen LogP contribution in [-0.2, 0) is 6.42 Å². The van der Waals surface area contributed by atoms with Gasteiger partial charge in [-0.25, -0.2) is 15.8 Å². The lowest BCUT2D eigenvalue weighted by atomic mass is 10.2. The maximum atomic E-state index is 12.1. The molecule has 6 nitrogen and oxygen atoms in total. The summed E-state index contributed by atoms with van der Waals surface area (Å²) in [4.78, 5) is 20.4. The summed E-state index contributed by atoms with van der Waals surface area (Å²) in [7, 11) is 0. The van der Waals surface area contributed by atoms with E-state index in [9.17, 15) is 4.79 Å². The Morgan fingerprint density at radius 3 is 2.89 bits per heavy atom. The molecule has 0 aliphatic heterocycles. The molecule has 100 valence electrons. The number of halogens is 1. The van der Waals surface area contributed by atoms with E-state index in [1.54, 1.807) is 18.3 Å². The van der Waals surface area contributed by atoms with E-state index in [1.165, 1.54) is 11.3 Å². The molecule has 2 aromatic rings. The Bertz CT molecular complexity index is 578. The first-order valence-corrected chi connectivity index (χ1v) is 7.13. The third kappa shape index (κ3) is 3.49. The number of amides is 1. The Balaban J connectivity index is 2.22. The monoisotopic (exact) mass is 341 g/mol. The van der Waals surface area contributed by atoms with Crippen LogP contribution in [0.1, 0.15) is 23.0 Å². The fourth-order valence-corrected chi connectivity index (χ4v) is 2.56. The van der Waals surface area contributed by atoms with Crippen LogP contribution in [0, 0.1) is 0 Å². The lowest BCUT2D eigenvalue weighted by Crippen LogP contribution is -2.15. The zero-order valence-corrected chi connectivity index (χ0v) is 12.5. The lowest BCUT2D eigenvalue weighted by Gasteiger charge is -2.07. The number of rotatable bonds is 4. The third-order valence-corrected chi connectivity index (χ3v) is 3.74. The van der Waals surface area contributed by atoms with Gasteiger partial charge in [-0.1, -0.05) is 18.3 Å². The highest BCUT2D eigenvalue weighted by Gasteiger charge is 2.11. The molecule has 0 fully saturated rings. The molecule has 0 atom stereocenters. The van der Waals surface area contributed by atoms with Crippen molar-refractivity contribution in [3.63, 3.8) is 0 Å². The fourth-order valence-electron chi connectivity index (χ4n) is 1.46. The molecule has 2 heterocycles. The van der Waals surface area contributed by atoms with Crippen LogP contribution in [0.4, 0.5) is 10.9 Å². The van der Waals surface area contributed by atoms with Gasteiger partial charge in [-0.15, -0.1) is 0 Å². The number of nitrogens with two attached hydrogens (primary N) is 1. The number of hydrogen-bond donors (Lipinski definition) is 3. The van der Waals surface area contributed by atoms with Gasteiger partial charge in [0.05, 0.1) is 9.98 Å². The van der Waals surface area contributed by atoms with Gasteiger partial charge >= 0.3 is 0 Å². The Morgan fingerprint density at radius 1 is 1.53 bits per heavy atom. The van der Waals surface area contributed by atoms with E-state index in [-0.39, 0.29) is 5.91 Å². The Morgan fingerprint density at radius 2 is 2.32 bits per heavy atom. The molecule has 0 saturated carbocycles. The minimum atomic E-state index is -0.240. The predicted octanol–water partition coefficient (Wildman–Crippen LogP) is 2.40. The van der Waals surface area contributed by atoms with Crippen LogP contribution < -0.4 is 16.6 Å². The molecule has 1 amide bonds. The number of nitrogen functional groups attached to an aromatic ring is 1. The van der Waals surface area contributed by atoms with E-state index < -0.39 is 0 Å². The number of nitrogens with one attached hydrogen (secondary N) is 2. The number of thiazole rings is 1. The predicted molar refractivity (Wildman–Crippen MR) is 79.2 cm³/mol. The molecule has 0 bridgehead atoms. The molecule has 0 spiro atoms. The standard InChI is InChI=1S/C11H12BrN5OS/c1-2-7-3-6(4-9(15-7)17-13)10(18)16-11-14-5-8(12)19-11/h3-5H,2,13H2,1H3,(H,15,17)(H,14,16,18). The molecule has 8 heteroatoms. The molecule has 0 radical (unpaired) electrons. The second-order valence-corrected chi connectivity index (χ2v) is 6.06.